The summed E-state index contributed by atoms with van der Waals surface area (Å²) in [5.41, 5.74) is -0.373. The topological polar surface area (TPSA) is 114 Å². The van der Waals surface area contributed by atoms with E-state index in [2.05, 4.69) is 15.3 Å². The number of carbonyl (C=O) groups is 1. The molecule has 2 N–H and O–H groups in total. The Morgan fingerprint density at radius 2 is 1.78 bits per heavy atom. The summed E-state index contributed by atoms with van der Waals surface area (Å²) >= 11 is 0. The minimum absolute atomic E-state index is 0.0523. The van der Waals surface area contributed by atoms with Crippen LogP contribution in [0.25, 0.3) is 11.0 Å². The zero-order chi connectivity index (χ0) is 20.0. The van der Waals surface area contributed by atoms with Crippen molar-refractivity contribution in [3.63, 3.8) is 0 Å². The van der Waals surface area contributed by atoms with E-state index < -0.39 is 21.0 Å². The van der Waals surface area contributed by atoms with Gasteiger partial charge >= 0.3 is 0 Å². The maximum Gasteiger partial charge on any atom is 0.269 e. The van der Waals surface area contributed by atoms with Crippen molar-refractivity contribution in [1.82, 2.24) is 13.9 Å². The van der Waals surface area contributed by atoms with Crippen LogP contribution in [0.15, 0.2) is 46.2 Å². The number of carbonyl (C=O) groups excluding carboxylic acids is 1. The SMILES string of the molecule is Cc1ccc(S(=O)(=O)n2ccc3c(=O)[nH]c(NC(=O)C(C)(C)C)nc32)cc1. The Morgan fingerprint density at radius 1 is 1.15 bits per heavy atom. The molecule has 1 amide bonds. The molecule has 0 saturated carbocycles. The molecule has 0 aliphatic rings. The second kappa shape index (κ2) is 6.34. The molecule has 0 fully saturated rings. The van der Waals surface area contributed by atoms with E-state index in [4.69, 9.17) is 0 Å². The van der Waals surface area contributed by atoms with E-state index >= 15 is 0 Å². The molecule has 0 atom stereocenters. The maximum atomic E-state index is 12.9. The highest BCUT2D eigenvalue weighted by Gasteiger charge is 2.24. The smallest absolute Gasteiger partial charge is 0.269 e. The predicted octanol–water partition coefficient (Wildman–Crippen LogP) is 2.25. The first-order chi connectivity index (χ1) is 12.5. The largest absolute Gasteiger partial charge is 0.296 e. The van der Waals surface area contributed by atoms with Crippen LogP contribution in [-0.2, 0) is 14.8 Å². The van der Waals surface area contributed by atoms with E-state index in [1.54, 1.807) is 32.9 Å². The summed E-state index contributed by atoms with van der Waals surface area (Å²) < 4.78 is 26.8. The molecule has 3 rings (SSSR count). The maximum absolute atomic E-state index is 12.9. The highest BCUT2D eigenvalue weighted by molar-refractivity contribution is 7.90. The normalized spacial score (nSPS) is 12.3. The number of aromatic amines is 1. The number of hydrogen-bond donors (Lipinski definition) is 2. The van der Waals surface area contributed by atoms with Crippen molar-refractivity contribution < 1.29 is 13.2 Å². The van der Waals surface area contributed by atoms with Crippen molar-refractivity contribution in [3.8, 4) is 0 Å². The van der Waals surface area contributed by atoms with Crippen molar-refractivity contribution in [3.05, 3.63) is 52.4 Å². The minimum atomic E-state index is -3.94. The summed E-state index contributed by atoms with van der Waals surface area (Å²) in [7, 11) is -3.94. The van der Waals surface area contributed by atoms with Gasteiger partial charge in [-0.05, 0) is 25.1 Å². The van der Waals surface area contributed by atoms with E-state index in [9.17, 15) is 18.0 Å². The Hall–Kier alpha value is -2.94. The Labute approximate surface area is 156 Å². The zero-order valence-electron chi connectivity index (χ0n) is 15.4. The van der Waals surface area contributed by atoms with Crippen molar-refractivity contribution in [2.45, 2.75) is 32.6 Å². The molecule has 27 heavy (non-hydrogen) atoms. The summed E-state index contributed by atoms with van der Waals surface area (Å²) in [4.78, 5) is 31.1. The molecule has 9 heteroatoms. The number of anilines is 1. The quantitative estimate of drug-likeness (QED) is 0.714. The van der Waals surface area contributed by atoms with Crippen LogP contribution < -0.4 is 10.9 Å². The lowest BCUT2D eigenvalue weighted by Gasteiger charge is -2.17. The molecule has 1 aromatic carbocycles. The third-order valence-electron chi connectivity index (χ3n) is 4.01. The number of rotatable bonds is 3. The van der Waals surface area contributed by atoms with Gasteiger partial charge < -0.3 is 0 Å². The number of nitrogens with one attached hydrogen (secondary N) is 2. The molecular weight excluding hydrogens is 368 g/mol. The molecule has 8 nitrogen and oxygen atoms in total. The highest BCUT2D eigenvalue weighted by atomic mass is 32.2. The first-order valence-corrected chi connectivity index (χ1v) is 9.69. The van der Waals surface area contributed by atoms with Crippen LogP contribution in [0.3, 0.4) is 0 Å². The molecule has 0 saturated heterocycles. The van der Waals surface area contributed by atoms with Crippen LogP contribution in [0.1, 0.15) is 26.3 Å². The highest BCUT2D eigenvalue weighted by Crippen LogP contribution is 2.21. The lowest BCUT2D eigenvalue weighted by molar-refractivity contribution is -0.123. The number of benzene rings is 1. The number of H-pyrrole nitrogens is 1. The van der Waals surface area contributed by atoms with E-state index in [1.165, 1.54) is 24.4 Å². The molecule has 142 valence electrons. The van der Waals surface area contributed by atoms with Gasteiger partial charge in [0.15, 0.2) is 5.65 Å². The first kappa shape index (κ1) is 18.8. The van der Waals surface area contributed by atoms with Crippen LogP contribution in [0.4, 0.5) is 5.95 Å². The fraction of sp³-hybridized carbons (Fsp3) is 0.278. The molecule has 0 aliphatic carbocycles. The van der Waals surface area contributed by atoms with Crippen LogP contribution in [0, 0.1) is 12.3 Å². The van der Waals surface area contributed by atoms with E-state index in [-0.39, 0.29) is 27.8 Å². The minimum Gasteiger partial charge on any atom is -0.296 e. The summed E-state index contributed by atoms with van der Waals surface area (Å²) in [5.74, 6) is -0.462. The van der Waals surface area contributed by atoms with Gasteiger partial charge in [0.1, 0.15) is 0 Å². The lowest BCUT2D eigenvalue weighted by Crippen LogP contribution is -2.29. The fourth-order valence-electron chi connectivity index (χ4n) is 2.37. The van der Waals surface area contributed by atoms with Gasteiger partial charge in [0, 0.05) is 11.6 Å². The monoisotopic (exact) mass is 388 g/mol. The standard InChI is InChI=1S/C18H20N4O4S/c1-11-5-7-12(8-6-11)27(25,26)22-10-9-13-14(22)19-17(20-15(13)23)21-16(24)18(2,3)4/h5-10H,1-4H3,(H2,19,20,21,23,24). The Bertz CT molecular complexity index is 1180. The van der Waals surface area contributed by atoms with Gasteiger partial charge in [0.2, 0.25) is 11.9 Å². The number of fused-ring (bicyclic) bond motifs is 1. The molecule has 3 aromatic rings. The van der Waals surface area contributed by atoms with Crippen LogP contribution in [0.2, 0.25) is 0 Å². The molecule has 0 bridgehead atoms. The van der Waals surface area contributed by atoms with Gasteiger partial charge in [-0.3, -0.25) is 19.9 Å². The number of amides is 1. The van der Waals surface area contributed by atoms with Gasteiger partial charge in [-0.2, -0.15) is 4.98 Å². The third kappa shape index (κ3) is 3.50. The van der Waals surface area contributed by atoms with Crippen LogP contribution >= 0.6 is 0 Å². The zero-order valence-corrected chi connectivity index (χ0v) is 16.2. The van der Waals surface area contributed by atoms with Crippen molar-refractivity contribution >= 4 is 32.9 Å². The Kier molecular flexibility index (Phi) is 4.43. The average Bonchev–Trinajstić information content (AvgIpc) is 2.99. The van der Waals surface area contributed by atoms with Crippen molar-refractivity contribution in [1.29, 1.82) is 0 Å². The average molecular weight is 388 g/mol. The predicted molar refractivity (Wildman–Crippen MR) is 102 cm³/mol. The summed E-state index contributed by atoms with van der Waals surface area (Å²) in [6.07, 6.45) is 1.28. The van der Waals surface area contributed by atoms with E-state index in [0.29, 0.717) is 0 Å². The Morgan fingerprint density at radius 3 is 2.37 bits per heavy atom. The second-order valence-electron chi connectivity index (χ2n) is 7.29. The first-order valence-electron chi connectivity index (χ1n) is 8.25. The number of aryl methyl sites for hydroxylation is 1. The van der Waals surface area contributed by atoms with Crippen LogP contribution in [0.5, 0.6) is 0 Å². The summed E-state index contributed by atoms with van der Waals surface area (Å²) in [5, 5.41) is 2.63. The fourth-order valence-corrected chi connectivity index (χ4v) is 3.67. The molecule has 0 radical (unpaired) electrons. The molecule has 0 spiro atoms. The van der Waals surface area contributed by atoms with Crippen molar-refractivity contribution in [2.24, 2.45) is 5.41 Å². The molecular formula is C18H20N4O4S. The van der Waals surface area contributed by atoms with E-state index in [0.717, 1.165) is 9.54 Å². The van der Waals surface area contributed by atoms with Crippen molar-refractivity contribution in [2.75, 3.05) is 5.32 Å². The van der Waals surface area contributed by atoms with Gasteiger partial charge in [-0.15, -0.1) is 0 Å². The number of aromatic nitrogens is 3. The number of nitrogens with zero attached hydrogens (tertiary/aromatic N) is 2. The van der Waals surface area contributed by atoms with Gasteiger partial charge in [0.25, 0.3) is 15.6 Å². The Balaban J connectivity index is 2.14. The van der Waals surface area contributed by atoms with Gasteiger partial charge in [0.05, 0.1) is 10.3 Å². The summed E-state index contributed by atoms with van der Waals surface area (Å²) in [6.45, 7) is 6.99. The molecule has 2 heterocycles. The van der Waals surface area contributed by atoms with Gasteiger partial charge in [-0.1, -0.05) is 38.5 Å². The van der Waals surface area contributed by atoms with Gasteiger partial charge in [-0.25, -0.2) is 12.4 Å². The molecule has 2 aromatic heterocycles. The second-order valence-corrected chi connectivity index (χ2v) is 9.10. The molecule has 0 aliphatic heterocycles. The third-order valence-corrected chi connectivity index (χ3v) is 5.69. The number of hydrogen-bond acceptors (Lipinski definition) is 5. The molecule has 0 unspecified atom stereocenters. The lowest BCUT2D eigenvalue weighted by atomic mass is 9.96. The van der Waals surface area contributed by atoms with Crippen LogP contribution in [-0.4, -0.2) is 28.3 Å². The summed E-state index contributed by atoms with van der Waals surface area (Å²) in [6, 6.07) is 7.74. The van der Waals surface area contributed by atoms with E-state index in [1.807, 2.05) is 6.92 Å².